The quantitative estimate of drug-likeness (QED) is 0.354. The van der Waals surface area contributed by atoms with Crippen molar-refractivity contribution in [1.29, 1.82) is 0 Å². The summed E-state index contributed by atoms with van der Waals surface area (Å²) >= 11 is 0. The summed E-state index contributed by atoms with van der Waals surface area (Å²) in [6.07, 6.45) is 6.51. The van der Waals surface area contributed by atoms with Crippen molar-refractivity contribution in [3.63, 3.8) is 0 Å². The van der Waals surface area contributed by atoms with Crippen molar-refractivity contribution in [2.75, 3.05) is 36.9 Å². The predicted octanol–water partition coefficient (Wildman–Crippen LogP) is 3.16. The highest BCUT2D eigenvalue weighted by atomic mass is 16.5. The van der Waals surface area contributed by atoms with Crippen molar-refractivity contribution in [3.8, 4) is 5.75 Å². The van der Waals surface area contributed by atoms with Crippen LogP contribution >= 0.6 is 0 Å². The average Bonchev–Trinajstić information content (AvgIpc) is 2.83. The Labute approximate surface area is 188 Å². The van der Waals surface area contributed by atoms with Gasteiger partial charge in [0.15, 0.2) is 0 Å². The summed E-state index contributed by atoms with van der Waals surface area (Å²) in [5.74, 6) is 1.68. The van der Waals surface area contributed by atoms with E-state index in [0.717, 1.165) is 36.6 Å². The molecule has 168 valence electrons. The smallest absolute Gasteiger partial charge is 0.248 e. The SMILES string of the molecule is O=c1cc(NCc2cccnc2NCCCOc2cccc(CN3CCCCC3)c2)c1=O. The molecule has 2 aromatic carbocycles. The van der Waals surface area contributed by atoms with Crippen molar-refractivity contribution in [2.24, 2.45) is 0 Å². The van der Waals surface area contributed by atoms with Gasteiger partial charge in [-0.05, 0) is 56.1 Å². The molecular weight excluding hydrogens is 404 g/mol. The highest BCUT2D eigenvalue weighted by molar-refractivity contribution is 5.50. The molecule has 0 spiro atoms. The maximum Gasteiger partial charge on any atom is 0.248 e. The Balaban J connectivity index is 1.20. The van der Waals surface area contributed by atoms with E-state index in [2.05, 4.69) is 38.7 Å². The van der Waals surface area contributed by atoms with E-state index in [1.807, 2.05) is 18.2 Å². The number of benzene rings is 1. The monoisotopic (exact) mass is 434 g/mol. The molecule has 4 rings (SSSR count). The number of likely N-dealkylation sites (tertiary alicyclic amines) is 1. The fraction of sp³-hybridized carbons (Fsp3) is 0.400. The van der Waals surface area contributed by atoms with Gasteiger partial charge in [0.2, 0.25) is 10.9 Å². The van der Waals surface area contributed by atoms with Crippen molar-refractivity contribution >= 4 is 11.5 Å². The molecule has 32 heavy (non-hydrogen) atoms. The van der Waals surface area contributed by atoms with Gasteiger partial charge >= 0.3 is 0 Å². The van der Waals surface area contributed by atoms with Crippen LogP contribution in [0, 0.1) is 0 Å². The largest absolute Gasteiger partial charge is 0.494 e. The van der Waals surface area contributed by atoms with Crippen LogP contribution in [0.15, 0.2) is 58.3 Å². The lowest BCUT2D eigenvalue weighted by Gasteiger charge is -2.26. The molecule has 1 aliphatic rings. The summed E-state index contributed by atoms with van der Waals surface area (Å²) < 4.78 is 5.96. The van der Waals surface area contributed by atoms with Crippen molar-refractivity contribution in [2.45, 2.75) is 38.8 Å². The number of hydrogen-bond acceptors (Lipinski definition) is 7. The number of anilines is 2. The predicted molar refractivity (Wildman–Crippen MR) is 127 cm³/mol. The number of nitrogens with one attached hydrogen (secondary N) is 2. The van der Waals surface area contributed by atoms with Gasteiger partial charge in [-0.2, -0.15) is 0 Å². The zero-order chi connectivity index (χ0) is 22.2. The lowest BCUT2D eigenvalue weighted by atomic mass is 10.1. The van der Waals surface area contributed by atoms with Gasteiger partial charge in [0.05, 0.1) is 12.3 Å². The van der Waals surface area contributed by atoms with Gasteiger partial charge in [-0.15, -0.1) is 0 Å². The van der Waals surface area contributed by atoms with Gasteiger partial charge in [0.1, 0.15) is 11.6 Å². The molecule has 2 heterocycles. The molecule has 1 saturated heterocycles. The number of rotatable bonds is 11. The topological polar surface area (TPSA) is 83.6 Å². The van der Waals surface area contributed by atoms with Gasteiger partial charge in [0, 0.05) is 37.5 Å². The van der Waals surface area contributed by atoms with Crippen molar-refractivity contribution in [3.05, 3.63) is 80.2 Å². The Bertz CT molecular complexity index is 1080. The minimum absolute atomic E-state index is 0.362. The van der Waals surface area contributed by atoms with Crippen LogP contribution in [0.5, 0.6) is 5.75 Å². The van der Waals surface area contributed by atoms with Crippen LogP contribution in [0.1, 0.15) is 36.8 Å². The molecule has 0 bridgehead atoms. The molecule has 1 fully saturated rings. The highest BCUT2D eigenvalue weighted by Crippen LogP contribution is 2.18. The number of hydrogen-bond donors (Lipinski definition) is 2. The molecule has 7 heteroatoms. The molecular formula is C25H30N4O3. The summed E-state index contributed by atoms with van der Waals surface area (Å²) in [6.45, 7) is 5.14. The lowest BCUT2D eigenvalue weighted by Crippen LogP contribution is -2.32. The van der Waals surface area contributed by atoms with Crippen LogP contribution < -0.4 is 26.2 Å². The Morgan fingerprint density at radius 2 is 1.88 bits per heavy atom. The molecule has 0 radical (unpaired) electrons. The average molecular weight is 435 g/mol. The first kappa shape index (κ1) is 22.0. The fourth-order valence-corrected chi connectivity index (χ4v) is 3.96. The van der Waals surface area contributed by atoms with Crippen molar-refractivity contribution in [1.82, 2.24) is 9.88 Å². The third-order valence-electron chi connectivity index (χ3n) is 5.74. The number of aromatic nitrogens is 1. The minimum Gasteiger partial charge on any atom is -0.494 e. The molecule has 0 aliphatic carbocycles. The zero-order valence-electron chi connectivity index (χ0n) is 18.3. The fourth-order valence-electron chi connectivity index (χ4n) is 3.96. The first-order valence-electron chi connectivity index (χ1n) is 11.3. The van der Waals surface area contributed by atoms with Gasteiger partial charge in [-0.3, -0.25) is 14.5 Å². The third kappa shape index (κ3) is 5.95. The zero-order valence-corrected chi connectivity index (χ0v) is 18.3. The minimum atomic E-state index is -0.458. The van der Waals surface area contributed by atoms with Gasteiger partial charge < -0.3 is 15.4 Å². The second-order valence-corrected chi connectivity index (χ2v) is 8.23. The molecule has 7 nitrogen and oxygen atoms in total. The Morgan fingerprint density at radius 3 is 2.69 bits per heavy atom. The number of nitrogens with zero attached hydrogens (tertiary/aromatic N) is 2. The third-order valence-corrected chi connectivity index (χ3v) is 5.74. The van der Waals surface area contributed by atoms with Crippen molar-refractivity contribution < 1.29 is 4.74 Å². The maximum atomic E-state index is 11.4. The number of ether oxygens (including phenoxy) is 1. The highest BCUT2D eigenvalue weighted by Gasteiger charge is 2.11. The summed E-state index contributed by atoms with van der Waals surface area (Å²) in [6, 6.07) is 13.5. The molecule has 0 saturated carbocycles. The normalized spacial score (nSPS) is 14.4. The van der Waals surface area contributed by atoms with Gasteiger partial charge in [-0.25, -0.2) is 4.98 Å². The molecule has 3 aromatic rings. The van der Waals surface area contributed by atoms with Crippen LogP contribution in [0.2, 0.25) is 0 Å². The van der Waals surface area contributed by atoms with Crippen LogP contribution in [0.4, 0.5) is 11.5 Å². The van der Waals surface area contributed by atoms with Crippen LogP contribution in [0.25, 0.3) is 0 Å². The van der Waals surface area contributed by atoms with Crippen LogP contribution in [-0.4, -0.2) is 36.1 Å². The summed E-state index contributed by atoms with van der Waals surface area (Å²) in [7, 11) is 0. The maximum absolute atomic E-state index is 11.4. The Hall–Kier alpha value is -3.19. The number of pyridine rings is 1. The van der Waals surface area contributed by atoms with E-state index in [9.17, 15) is 9.59 Å². The van der Waals surface area contributed by atoms with Gasteiger partial charge in [0.25, 0.3) is 0 Å². The number of piperidine rings is 1. The van der Waals surface area contributed by atoms with E-state index in [-0.39, 0.29) is 0 Å². The summed E-state index contributed by atoms with van der Waals surface area (Å²) in [5.41, 5.74) is 1.69. The standard InChI is InChI=1S/C25H30N4O3/c30-23-16-22(24(23)31)28-17-20-8-5-10-26-25(20)27-11-6-14-32-21-9-4-7-19(15-21)18-29-12-2-1-3-13-29/h4-5,7-10,15-16,28H,1-3,6,11-14,17-18H2,(H,26,27). The van der Waals surface area contributed by atoms with Gasteiger partial charge in [-0.1, -0.05) is 24.6 Å². The molecule has 0 amide bonds. The molecule has 1 aromatic heterocycles. The lowest BCUT2D eigenvalue weighted by molar-refractivity contribution is 0.220. The summed E-state index contributed by atoms with van der Waals surface area (Å²) in [4.78, 5) is 29.4. The second-order valence-electron chi connectivity index (χ2n) is 8.23. The Morgan fingerprint density at radius 1 is 1.00 bits per heavy atom. The van der Waals surface area contributed by atoms with E-state index >= 15 is 0 Å². The van der Waals surface area contributed by atoms with Crippen LogP contribution in [-0.2, 0) is 13.1 Å². The first-order valence-corrected chi connectivity index (χ1v) is 11.3. The molecule has 2 N–H and O–H groups in total. The van der Waals surface area contributed by atoms with E-state index in [0.29, 0.717) is 18.8 Å². The molecule has 1 aliphatic heterocycles. The molecule has 0 atom stereocenters. The summed E-state index contributed by atoms with van der Waals surface area (Å²) in [5, 5.41) is 6.33. The van der Waals surface area contributed by atoms with E-state index in [1.54, 1.807) is 6.20 Å². The molecule has 0 unspecified atom stereocenters. The van der Waals surface area contributed by atoms with E-state index < -0.39 is 10.9 Å². The first-order chi connectivity index (χ1) is 15.7. The van der Waals surface area contributed by atoms with E-state index in [1.165, 1.54) is 44.0 Å². The Kier molecular flexibility index (Phi) is 7.51. The van der Waals surface area contributed by atoms with Crippen LogP contribution in [0.3, 0.4) is 0 Å². The van der Waals surface area contributed by atoms with E-state index in [4.69, 9.17) is 4.74 Å². The second kappa shape index (κ2) is 10.9.